The molecular formula is C9H11Cl2Mg2O3P. The number of hydrogen-bond acceptors (Lipinski definition) is 3. The van der Waals surface area contributed by atoms with E-state index >= 15 is 0 Å². The van der Waals surface area contributed by atoms with Gasteiger partial charge in [0.05, 0.1) is 6.61 Å². The van der Waals surface area contributed by atoms with Crippen LogP contribution in [0.15, 0.2) is 24.3 Å². The van der Waals surface area contributed by atoms with Crippen molar-refractivity contribution in [2.24, 2.45) is 0 Å². The summed E-state index contributed by atoms with van der Waals surface area (Å²) in [6, 6.07) is 6.40. The number of rotatable bonds is 4. The fourth-order valence-electron chi connectivity index (χ4n) is 0.884. The molecule has 0 amide bonds. The summed E-state index contributed by atoms with van der Waals surface area (Å²) in [5, 5.41) is 0.318. The Morgan fingerprint density at radius 3 is 1.88 bits per heavy atom. The van der Waals surface area contributed by atoms with Gasteiger partial charge in [0.1, 0.15) is 5.75 Å². The number of benzene rings is 1. The first kappa shape index (κ1) is 26.9. The van der Waals surface area contributed by atoms with E-state index in [9.17, 15) is 9.79 Å². The molecule has 0 saturated carbocycles. The molecule has 0 N–H and O–H groups in total. The average molecular weight is 318 g/mol. The predicted molar refractivity (Wildman–Crippen MR) is 60.3 cm³/mol. The number of hydrogen-bond donors (Lipinski definition) is 0. The van der Waals surface area contributed by atoms with E-state index in [2.05, 4.69) is 0 Å². The summed E-state index contributed by atoms with van der Waals surface area (Å²) < 4.78 is 5.29. The molecule has 0 unspecified atom stereocenters. The smallest absolute Gasteiger partial charge is 1.00 e. The molecule has 1 aromatic rings. The van der Waals surface area contributed by atoms with E-state index < -0.39 is 8.38 Å². The fourth-order valence-corrected chi connectivity index (χ4v) is 1.28. The maximum Gasteiger partial charge on any atom is 2.00 e. The summed E-state index contributed by atoms with van der Waals surface area (Å²) in [5.41, 5.74) is 0. The Morgan fingerprint density at radius 2 is 1.53 bits per heavy atom. The Kier molecular flexibility index (Phi) is 24.6. The van der Waals surface area contributed by atoms with Gasteiger partial charge in [-0.25, -0.2) is 0 Å². The van der Waals surface area contributed by atoms with Crippen molar-refractivity contribution in [2.45, 2.75) is 13.3 Å². The van der Waals surface area contributed by atoms with Crippen molar-refractivity contribution < 1.29 is 39.3 Å². The maximum absolute atomic E-state index is 10.5. The average Bonchev–Trinajstić information content (AvgIpc) is 2.15. The minimum Gasteiger partial charge on any atom is -1.00 e. The molecule has 0 saturated heterocycles. The molecule has 0 fully saturated rings. The Hall–Kier alpha value is 1.48. The number of ether oxygens (including phenoxy) is 1. The third-order valence-electron chi connectivity index (χ3n) is 1.52. The topological polar surface area (TPSA) is 55.3 Å². The van der Waals surface area contributed by atoms with Crippen LogP contribution in [0.25, 0.3) is 0 Å². The zero-order valence-corrected chi connectivity index (χ0v) is 14.8. The molecule has 17 heavy (non-hydrogen) atoms. The van der Waals surface area contributed by atoms with E-state index in [1.807, 2.05) is 6.92 Å². The molecule has 0 spiro atoms. The normalized spacial score (nSPS) is 8.00. The van der Waals surface area contributed by atoms with E-state index in [0.29, 0.717) is 17.7 Å². The van der Waals surface area contributed by atoms with Crippen molar-refractivity contribution in [1.82, 2.24) is 0 Å². The molecule has 3 nitrogen and oxygen atoms in total. The Labute approximate surface area is 148 Å². The molecule has 0 heterocycles. The Morgan fingerprint density at radius 1 is 1.06 bits per heavy atom. The van der Waals surface area contributed by atoms with Crippen LogP contribution < -0.4 is 44.6 Å². The zero-order chi connectivity index (χ0) is 9.68. The van der Waals surface area contributed by atoms with Crippen molar-refractivity contribution >= 4 is 59.8 Å². The molecule has 88 valence electrons. The standard InChI is InChI=1S/C9H11O3P.2ClH.2Mg/c1-2-7-12-8-3-5-9(6-4-8)13(10)11;;;;/h3-6H,2,7H2,1H3;2*1H;;/q-2;;;2*+2/p-2. The van der Waals surface area contributed by atoms with Crippen LogP contribution in [0.4, 0.5) is 0 Å². The monoisotopic (exact) mass is 316 g/mol. The summed E-state index contributed by atoms with van der Waals surface area (Å²) >= 11 is 0. The second-order valence-corrected chi connectivity index (χ2v) is 3.63. The van der Waals surface area contributed by atoms with Crippen LogP contribution in [0, 0.1) is 0 Å². The van der Waals surface area contributed by atoms with E-state index in [1.165, 1.54) is 12.1 Å². The van der Waals surface area contributed by atoms with E-state index in [4.69, 9.17) is 4.74 Å². The van der Waals surface area contributed by atoms with Crippen LogP contribution >= 0.6 is 8.38 Å². The first-order valence-electron chi connectivity index (χ1n) is 4.11. The summed E-state index contributed by atoms with van der Waals surface area (Å²) in [6.07, 6.45) is 0.942. The van der Waals surface area contributed by atoms with Crippen LogP contribution in [0.5, 0.6) is 5.75 Å². The summed E-state index contributed by atoms with van der Waals surface area (Å²) in [6.45, 7) is 2.67. The van der Waals surface area contributed by atoms with Crippen LogP contribution in [0.3, 0.4) is 0 Å². The molecule has 0 radical (unpaired) electrons. The Balaban J connectivity index is -0.000000211. The summed E-state index contributed by atoms with van der Waals surface area (Å²) in [5.74, 6) is 0.711. The molecule has 0 atom stereocenters. The van der Waals surface area contributed by atoms with Crippen molar-refractivity contribution in [3.05, 3.63) is 24.3 Å². The molecular weight excluding hydrogens is 307 g/mol. The van der Waals surface area contributed by atoms with Gasteiger partial charge in [-0.1, -0.05) is 24.4 Å². The SMILES string of the molecule is CCCOc1ccc(P([O-])[O-])cc1.[Cl-].[Cl-].[Mg+2].[Mg+2]. The third kappa shape index (κ3) is 11.0. The number of halogens is 2. The molecule has 0 aliphatic carbocycles. The summed E-state index contributed by atoms with van der Waals surface area (Å²) in [4.78, 5) is 21.0. The first-order chi connectivity index (χ1) is 6.24. The van der Waals surface area contributed by atoms with E-state index in [1.54, 1.807) is 12.1 Å². The van der Waals surface area contributed by atoms with Crippen LogP contribution in [-0.4, -0.2) is 52.7 Å². The Bertz CT molecular complexity index is 263. The van der Waals surface area contributed by atoms with Gasteiger partial charge in [0, 0.05) is 0 Å². The second kappa shape index (κ2) is 15.5. The van der Waals surface area contributed by atoms with E-state index in [-0.39, 0.29) is 70.9 Å². The van der Waals surface area contributed by atoms with Gasteiger partial charge in [-0.15, -0.1) is 0 Å². The van der Waals surface area contributed by atoms with Gasteiger partial charge in [0.15, 0.2) is 0 Å². The van der Waals surface area contributed by atoms with Crippen molar-refractivity contribution in [1.29, 1.82) is 0 Å². The van der Waals surface area contributed by atoms with Crippen molar-refractivity contribution in [2.75, 3.05) is 6.61 Å². The van der Waals surface area contributed by atoms with Gasteiger partial charge >= 0.3 is 46.1 Å². The minimum atomic E-state index is -2.48. The molecule has 8 heteroatoms. The van der Waals surface area contributed by atoms with Crippen LogP contribution in [0.2, 0.25) is 0 Å². The first-order valence-corrected chi connectivity index (χ1v) is 5.29. The maximum atomic E-state index is 10.5. The third-order valence-corrected chi connectivity index (χ3v) is 2.24. The molecule has 0 aliphatic heterocycles. The fraction of sp³-hybridized carbons (Fsp3) is 0.333. The van der Waals surface area contributed by atoms with Gasteiger partial charge in [-0.05, 0) is 18.6 Å². The molecule has 1 rings (SSSR count). The second-order valence-electron chi connectivity index (χ2n) is 2.60. The quantitative estimate of drug-likeness (QED) is 0.410. The molecule has 1 aromatic carbocycles. The van der Waals surface area contributed by atoms with Crippen molar-refractivity contribution in [3.8, 4) is 5.75 Å². The summed E-state index contributed by atoms with van der Waals surface area (Å²) in [7, 11) is -2.48. The minimum absolute atomic E-state index is 0. The largest absolute Gasteiger partial charge is 2.00 e. The van der Waals surface area contributed by atoms with Gasteiger partial charge in [-0.3, -0.25) is 8.38 Å². The predicted octanol–water partition coefficient (Wildman–Crippen LogP) is -6.62. The van der Waals surface area contributed by atoms with Gasteiger partial charge in [0.2, 0.25) is 0 Å². The van der Waals surface area contributed by atoms with Gasteiger partial charge in [-0.2, -0.15) is 0 Å². The molecule has 0 aromatic heterocycles. The van der Waals surface area contributed by atoms with Gasteiger partial charge in [0.25, 0.3) is 0 Å². The molecule has 0 bridgehead atoms. The van der Waals surface area contributed by atoms with Crippen LogP contribution in [-0.2, 0) is 0 Å². The van der Waals surface area contributed by atoms with Crippen LogP contribution in [0.1, 0.15) is 13.3 Å². The van der Waals surface area contributed by atoms with Crippen molar-refractivity contribution in [3.63, 3.8) is 0 Å². The molecule has 0 aliphatic rings. The van der Waals surface area contributed by atoms with E-state index in [0.717, 1.165) is 6.42 Å². The zero-order valence-electron chi connectivity index (χ0n) is 9.57. The van der Waals surface area contributed by atoms with Gasteiger partial charge < -0.3 is 39.3 Å².